The number of benzene rings is 1. The number of aryl methyl sites for hydroxylation is 1. The van der Waals surface area contributed by atoms with Crippen molar-refractivity contribution in [3.8, 4) is 0 Å². The molecule has 0 spiro atoms. The molecular formula is C20H23NO3S2. The number of thioether (sulfide) groups is 1. The summed E-state index contributed by atoms with van der Waals surface area (Å²) in [6.07, 6.45) is 6.37. The minimum atomic E-state index is -0.327. The van der Waals surface area contributed by atoms with Gasteiger partial charge in [-0.2, -0.15) is 0 Å². The highest BCUT2D eigenvalue weighted by Gasteiger charge is 2.27. The Bertz CT molecular complexity index is 796. The molecule has 2 aromatic rings. The Kier molecular flexibility index (Phi) is 6.38. The molecule has 1 N–H and O–H groups in total. The van der Waals surface area contributed by atoms with Gasteiger partial charge in [-0.1, -0.05) is 12.1 Å². The van der Waals surface area contributed by atoms with Crippen LogP contribution in [0.5, 0.6) is 0 Å². The van der Waals surface area contributed by atoms with Gasteiger partial charge in [0.25, 0.3) is 0 Å². The molecule has 1 aromatic carbocycles. The summed E-state index contributed by atoms with van der Waals surface area (Å²) in [7, 11) is 0. The van der Waals surface area contributed by atoms with Crippen LogP contribution in [0.2, 0.25) is 0 Å². The first kappa shape index (κ1) is 19.0. The molecule has 0 saturated heterocycles. The number of carbonyl (C=O) groups excluding carboxylic acids is 2. The van der Waals surface area contributed by atoms with Crippen molar-refractivity contribution in [3.05, 3.63) is 45.8 Å². The zero-order valence-corrected chi connectivity index (χ0v) is 16.7. The number of hydrogen-bond donors (Lipinski definition) is 1. The van der Waals surface area contributed by atoms with Gasteiger partial charge in [0.1, 0.15) is 5.00 Å². The van der Waals surface area contributed by atoms with E-state index in [1.807, 2.05) is 30.5 Å². The maximum atomic E-state index is 12.5. The zero-order chi connectivity index (χ0) is 18.5. The van der Waals surface area contributed by atoms with Crippen LogP contribution in [0.3, 0.4) is 0 Å². The molecular weight excluding hydrogens is 366 g/mol. The van der Waals surface area contributed by atoms with Crippen LogP contribution in [0.15, 0.2) is 29.2 Å². The lowest BCUT2D eigenvalue weighted by atomic mass is 9.95. The van der Waals surface area contributed by atoms with Crippen molar-refractivity contribution in [2.45, 2.75) is 43.9 Å². The normalized spacial score (nSPS) is 13.2. The number of anilines is 1. The summed E-state index contributed by atoms with van der Waals surface area (Å²) in [5.74, 6) is -0.433. The average molecular weight is 390 g/mol. The van der Waals surface area contributed by atoms with Crippen molar-refractivity contribution < 1.29 is 14.3 Å². The molecule has 1 heterocycles. The topological polar surface area (TPSA) is 55.4 Å². The smallest absolute Gasteiger partial charge is 0.341 e. The van der Waals surface area contributed by atoms with Crippen LogP contribution in [-0.2, 0) is 28.8 Å². The summed E-state index contributed by atoms with van der Waals surface area (Å²) in [4.78, 5) is 27.3. The van der Waals surface area contributed by atoms with E-state index in [1.165, 1.54) is 21.1 Å². The van der Waals surface area contributed by atoms with E-state index in [0.717, 1.165) is 36.8 Å². The van der Waals surface area contributed by atoms with Crippen LogP contribution in [0, 0.1) is 0 Å². The molecule has 0 radical (unpaired) electrons. The Morgan fingerprint density at radius 1 is 1.19 bits per heavy atom. The van der Waals surface area contributed by atoms with E-state index in [1.54, 1.807) is 18.7 Å². The van der Waals surface area contributed by atoms with Crippen LogP contribution in [-0.4, -0.2) is 24.7 Å². The Labute approximate surface area is 162 Å². The number of carbonyl (C=O) groups is 2. The van der Waals surface area contributed by atoms with Gasteiger partial charge in [-0.3, -0.25) is 4.79 Å². The van der Waals surface area contributed by atoms with E-state index in [4.69, 9.17) is 4.74 Å². The van der Waals surface area contributed by atoms with Gasteiger partial charge in [0, 0.05) is 9.77 Å². The molecule has 1 aliphatic rings. The van der Waals surface area contributed by atoms with Gasteiger partial charge in [0.05, 0.1) is 18.6 Å². The minimum Gasteiger partial charge on any atom is -0.462 e. The van der Waals surface area contributed by atoms with Gasteiger partial charge < -0.3 is 10.1 Å². The first-order valence-corrected chi connectivity index (χ1v) is 10.9. The summed E-state index contributed by atoms with van der Waals surface area (Å²) in [5.41, 5.74) is 2.59. The van der Waals surface area contributed by atoms with Crippen molar-refractivity contribution in [1.82, 2.24) is 0 Å². The van der Waals surface area contributed by atoms with Crippen LogP contribution >= 0.6 is 23.1 Å². The van der Waals surface area contributed by atoms with E-state index in [2.05, 4.69) is 5.32 Å². The average Bonchev–Trinajstić information content (AvgIpc) is 3.00. The second-order valence-corrected chi connectivity index (χ2v) is 8.19. The fourth-order valence-corrected chi connectivity index (χ4v) is 4.87. The number of nitrogens with one attached hydrogen (secondary N) is 1. The molecule has 3 rings (SSSR count). The van der Waals surface area contributed by atoms with Crippen molar-refractivity contribution in [1.29, 1.82) is 0 Å². The van der Waals surface area contributed by atoms with E-state index in [0.29, 0.717) is 23.6 Å². The van der Waals surface area contributed by atoms with Crippen LogP contribution in [0.1, 0.15) is 46.1 Å². The first-order chi connectivity index (χ1) is 12.6. The predicted octanol–water partition coefficient (Wildman–Crippen LogP) is 4.71. The standard InChI is InChI=1S/C20H23NO3S2/c1-3-24-20(23)18-15-6-4-5-7-16(15)26-19(18)21-17(22)12-13-8-10-14(25-2)11-9-13/h8-11H,3-7,12H2,1-2H3,(H,21,22). The summed E-state index contributed by atoms with van der Waals surface area (Å²) in [6, 6.07) is 7.97. The molecule has 0 unspecified atom stereocenters. The van der Waals surface area contributed by atoms with Gasteiger partial charge in [-0.05, 0) is 62.1 Å². The number of fused-ring (bicyclic) bond motifs is 1. The quantitative estimate of drug-likeness (QED) is 0.574. The number of hydrogen-bond acceptors (Lipinski definition) is 5. The molecule has 1 amide bonds. The SMILES string of the molecule is CCOC(=O)c1c(NC(=O)Cc2ccc(SC)cc2)sc2c1CCCC2. The highest BCUT2D eigenvalue weighted by atomic mass is 32.2. The molecule has 138 valence electrons. The largest absolute Gasteiger partial charge is 0.462 e. The summed E-state index contributed by atoms with van der Waals surface area (Å²) < 4.78 is 5.23. The summed E-state index contributed by atoms with van der Waals surface area (Å²) >= 11 is 3.20. The number of rotatable bonds is 6. The molecule has 6 heteroatoms. The Balaban J connectivity index is 1.78. The maximum absolute atomic E-state index is 12.5. The number of ether oxygens (including phenoxy) is 1. The molecule has 0 saturated carbocycles. The van der Waals surface area contributed by atoms with Gasteiger partial charge in [-0.15, -0.1) is 23.1 Å². The van der Waals surface area contributed by atoms with Gasteiger partial charge >= 0.3 is 5.97 Å². The summed E-state index contributed by atoms with van der Waals surface area (Å²) in [6.45, 7) is 2.13. The molecule has 0 bridgehead atoms. The molecule has 0 atom stereocenters. The van der Waals surface area contributed by atoms with Crippen LogP contribution in [0.25, 0.3) is 0 Å². The summed E-state index contributed by atoms with van der Waals surface area (Å²) in [5, 5.41) is 3.60. The number of thiophene rings is 1. The molecule has 1 aromatic heterocycles. The second kappa shape index (κ2) is 8.73. The number of amides is 1. The van der Waals surface area contributed by atoms with Gasteiger partial charge in [0.15, 0.2) is 0 Å². The molecule has 0 fully saturated rings. The third-order valence-corrected chi connectivity index (χ3v) is 6.38. The Morgan fingerprint density at radius 3 is 2.62 bits per heavy atom. The fourth-order valence-electron chi connectivity index (χ4n) is 3.17. The van der Waals surface area contributed by atoms with Crippen molar-refractivity contribution in [2.24, 2.45) is 0 Å². The lowest BCUT2D eigenvalue weighted by Crippen LogP contribution is -2.17. The van der Waals surface area contributed by atoms with Crippen molar-refractivity contribution in [2.75, 3.05) is 18.2 Å². The highest BCUT2D eigenvalue weighted by Crippen LogP contribution is 2.38. The van der Waals surface area contributed by atoms with E-state index in [-0.39, 0.29) is 11.9 Å². The van der Waals surface area contributed by atoms with Crippen molar-refractivity contribution >= 4 is 40.0 Å². The lowest BCUT2D eigenvalue weighted by Gasteiger charge is -2.12. The third-order valence-electron chi connectivity index (χ3n) is 4.43. The maximum Gasteiger partial charge on any atom is 0.341 e. The zero-order valence-electron chi connectivity index (χ0n) is 15.1. The second-order valence-electron chi connectivity index (χ2n) is 6.21. The van der Waals surface area contributed by atoms with E-state index >= 15 is 0 Å². The van der Waals surface area contributed by atoms with Crippen LogP contribution < -0.4 is 5.32 Å². The Hall–Kier alpha value is -1.79. The Morgan fingerprint density at radius 2 is 1.92 bits per heavy atom. The predicted molar refractivity (Wildman–Crippen MR) is 107 cm³/mol. The highest BCUT2D eigenvalue weighted by molar-refractivity contribution is 7.98. The lowest BCUT2D eigenvalue weighted by molar-refractivity contribution is -0.115. The fraction of sp³-hybridized carbons (Fsp3) is 0.400. The molecule has 0 aliphatic heterocycles. The monoisotopic (exact) mass is 389 g/mol. The first-order valence-electron chi connectivity index (χ1n) is 8.86. The minimum absolute atomic E-state index is 0.106. The molecule has 1 aliphatic carbocycles. The van der Waals surface area contributed by atoms with Gasteiger partial charge in [-0.25, -0.2) is 4.79 Å². The number of esters is 1. The van der Waals surface area contributed by atoms with Gasteiger partial charge in [0.2, 0.25) is 5.91 Å². The van der Waals surface area contributed by atoms with E-state index in [9.17, 15) is 9.59 Å². The van der Waals surface area contributed by atoms with Crippen molar-refractivity contribution in [3.63, 3.8) is 0 Å². The van der Waals surface area contributed by atoms with Crippen LogP contribution in [0.4, 0.5) is 5.00 Å². The molecule has 4 nitrogen and oxygen atoms in total. The molecule has 26 heavy (non-hydrogen) atoms. The third kappa shape index (κ3) is 4.30. The van der Waals surface area contributed by atoms with E-state index < -0.39 is 0 Å².